The lowest BCUT2D eigenvalue weighted by molar-refractivity contribution is -0.142. The smallest absolute Gasteiger partial charge is 0.326 e. The minimum Gasteiger partial charge on any atom is -0.508 e. The van der Waals surface area contributed by atoms with E-state index in [1.165, 1.54) is 86.5 Å². The number of unbranched alkanes of at least 4 members (excludes halogenated alkanes) is 2. The molecular formula is C54H72N18O11. The number of phenolic OH excluding ortho intramolecular Hbond substituents is 2. The number of phenols is 2. The van der Waals surface area contributed by atoms with Gasteiger partial charge in [0, 0.05) is 86.1 Å². The number of nitrogens with zero attached hydrogens (tertiary/aromatic N) is 4. The number of aromatic hydroxyl groups is 2. The summed E-state index contributed by atoms with van der Waals surface area (Å²) in [5.74, 6) is -7.16. The maximum Gasteiger partial charge on any atom is 0.326 e. The van der Waals surface area contributed by atoms with Crippen LogP contribution in [0.4, 0.5) is 0 Å². The number of imidazole rings is 4. The summed E-state index contributed by atoms with van der Waals surface area (Å²) in [6.45, 7) is 0.480. The van der Waals surface area contributed by atoms with Gasteiger partial charge < -0.3 is 89.7 Å². The zero-order chi connectivity index (χ0) is 59.7. The molecule has 29 heteroatoms. The van der Waals surface area contributed by atoms with Crippen LogP contribution in [0.3, 0.4) is 0 Å². The van der Waals surface area contributed by atoms with Crippen molar-refractivity contribution in [3.63, 3.8) is 0 Å². The van der Waals surface area contributed by atoms with E-state index in [0.717, 1.165) is 0 Å². The Labute approximate surface area is 476 Å². The van der Waals surface area contributed by atoms with Gasteiger partial charge in [0.2, 0.25) is 41.4 Å². The van der Waals surface area contributed by atoms with Gasteiger partial charge in [0.05, 0.1) is 31.4 Å². The van der Waals surface area contributed by atoms with E-state index >= 15 is 0 Å². The third-order valence-electron chi connectivity index (χ3n) is 13.3. The molecule has 8 atom stereocenters. The van der Waals surface area contributed by atoms with E-state index in [4.69, 9.17) is 17.2 Å². The normalized spacial score (nSPS) is 14.1. The van der Waals surface area contributed by atoms with Crippen LogP contribution in [0.2, 0.25) is 0 Å². The van der Waals surface area contributed by atoms with Gasteiger partial charge in [0.25, 0.3) is 0 Å². The highest BCUT2D eigenvalue weighted by Gasteiger charge is 2.35. The van der Waals surface area contributed by atoms with Crippen molar-refractivity contribution in [3.8, 4) is 11.5 Å². The second kappa shape index (κ2) is 32.1. The molecule has 4 aromatic heterocycles. The predicted octanol–water partition coefficient (Wildman–Crippen LogP) is -2.19. The number of carbonyl (C=O) groups excluding carboxylic acids is 7. The monoisotopic (exact) mass is 1150 g/mol. The van der Waals surface area contributed by atoms with E-state index in [1.807, 2.05) is 0 Å². The number of nitrogens with two attached hydrogens (primary N) is 3. The van der Waals surface area contributed by atoms with Crippen molar-refractivity contribution >= 4 is 47.3 Å². The van der Waals surface area contributed by atoms with Crippen LogP contribution in [-0.4, -0.2) is 164 Å². The maximum absolute atomic E-state index is 14.6. The topological polar surface area (TPSA) is 474 Å². The molecule has 4 heterocycles. The van der Waals surface area contributed by atoms with Crippen molar-refractivity contribution < 1.29 is 53.7 Å². The Morgan fingerprint density at radius 1 is 0.398 bits per heavy atom. The number of rotatable bonds is 35. The average molecular weight is 1150 g/mol. The van der Waals surface area contributed by atoms with Gasteiger partial charge in [-0.25, -0.2) is 24.7 Å². The number of carbonyl (C=O) groups is 8. The summed E-state index contributed by atoms with van der Waals surface area (Å²) < 4.78 is 0. The molecule has 6 aromatic rings. The van der Waals surface area contributed by atoms with Crippen molar-refractivity contribution in [2.24, 2.45) is 17.2 Å². The molecule has 2 aromatic carbocycles. The van der Waals surface area contributed by atoms with Crippen LogP contribution in [0.15, 0.2) is 98.6 Å². The molecule has 0 bridgehead atoms. The van der Waals surface area contributed by atoms with E-state index in [-0.39, 0.29) is 76.0 Å². The van der Waals surface area contributed by atoms with Crippen molar-refractivity contribution in [2.45, 2.75) is 125 Å². The summed E-state index contributed by atoms with van der Waals surface area (Å²) in [5, 5.41) is 48.8. The minimum absolute atomic E-state index is 0.00756. The highest BCUT2D eigenvalue weighted by Crippen LogP contribution is 2.16. The van der Waals surface area contributed by atoms with Crippen LogP contribution in [0.25, 0.3) is 0 Å². The zero-order valence-electron chi connectivity index (χ0n) is 45.4. The maximum atomic E-state index is 14.6. The molecule has 20 N–H and O–H groups in total. The SMILES string of the molecule is NCCCC[C@H](NC(=O)[C@H](CCCCN)NC(=O)[C@H](Cc1cnc[nH]1)NC(=O)[C@H](Cc1ccc(O)cc1)NC(=O)[C@@H](N)Cc1cnc[nH]1)C(=O)N[C@@H](Cc1cnc[nH]1)C(=O)N[C@@H](Cc1ccc(O)cc1)C(=O)N[C@@H](Cc1cnc[nH]1)C(=O)O. The van der Waals surface area contributed by atoms with E-state index in [9.17, 15) is 53.7 Å². The standard InChI is InChI=1S/C54H72N18O11/c55-15-3-1-5-40(67-52(80)44(20-34-24-59-28-63-34)71-50(78)42(17-31-7-11-37(73)12-8-31)68-47(75)39(57)19-33-23-58-27-62-33)48(76)66-41(6-2-4-16-56)49(77)70-45(21-35-25-60-29-64-35)53(81)69-43(18-32-9-13-38(74)14-10-32)51(79)72-46(54(82)83)22-36-26-61-30-65-36/h7-14,23-30,39-46,73-74H,1-6,15-22,55-57H2,(H,58,62)(H,59,63)(H,60,64)(H,61,65)(H,66,76)(H,67,80)(H,68,75)(H,69,81)(H,70,77)(H,71,78)(H,72,79)(H,82,83)/t39-,40-,41-,42-,43-,44-,45-,46-/m0/s1. The number of aromatic amines is 4. The molecule has 6 rings (SSSR count). The summed E-state index contributed by atoms with van der Waals surface area (Å²) in [7, 11) is 0. The number of hydrogen-bond acceptors (Lipinski definition) is 17. The van der Waals surface area contributed by atoms with Crippen LogP contribution in [0.5, 0.6) is 11.5 Å². The van der Waals surface area contributed by atoms with Crippen molar-refractivity contribution in [1.29, 1.82) is 0 Å². The zero-order valence-corrected chi connectivity index (χ0v) is 45.4. The molecule has 0 radical (unpaired) electrons. The first-order valence-electron chi connectivity index (χ1n) is 26.9. The van der Waals surface area contributed by atoms with Gasteiger partial charge in [-0.05, 0) is 87.0 Å². The lowest BCUT2D eigenvalue weighted by Gasteiger charge is -2.28. The molecule has 0 aliphatic rings. The molecule has 0 saturated carbocycles. The van der Waals surface area contributed by atoms with Gasteiger partial charge in [0.15, 0.2) is 0 Å². The summed E-state index contributed by atoms with van der Waals surface area (Å²) in [6, 6.07) is 0.891. The van der Waals surface area contributed by atoms with Crippen LogP contribution >= 0.6 is 0 Å². The van der Waals surface area contributed by atoms with Gasteiger partial charge in [-0.15, -0.1) is 0 Å². The lowest BCUT2D eigenvalue weighted by atomic mass is 10.0. The highest BCUT2D eigenvalue weighted by atomic mass is 16.4. The summed E-state index contributed by atoms with van der Waals surface area (Å²) in [4.78, 5) is 140. The predicted molar refractivity (Wildman–Crippen MR) is 298 cm³/mol. The quantitative estimate of drug-likeness (QED) is 0.0188. The number of hydrogen-bond donors (Lipinski definition) is 17. The summed E-state index contributed by atoms with van der Waals surface area (Å²) in [5.41, 5.74) is 20.8. The van der Waals surface area contributed by atoms with E-state index < -0.39 is 95.7 Å². The average Bonchev–Trinajstić information content (AvgIpc) is 4.44. The van der Waals surface area contributed by atoms with Crippen molar-refractivity contribution in [3.05, 3.63) is 133 Å². The van der Waals surface area contributed by atoms with Gasteiger partial charge in [-0.2, -0.15) is 0 Å². The molecule has 0 fully saturated rings. The number of aliphatic carboxylic acids is 1. The van der Waals surface area contributed by atoms with E-state index in [0.29, 0.717) is 59.6 Å². The van der Waals surface area contributed by atoms with Gasteiger partial charge in [0.1, 0.15) is 53.8 Å². The van der Waals surface area contributed by atoms with Crippen LogP contribution in [-0.2, 0) is 76.9 Å². The number of H-pyrrole nitrogens is 4. The fourth-order valence-corrected chi connectivity index (χ4v) is 8.78. The third kappa shape index (κ3) is 20.5. The van der Waals surface area contributed by atoms with Crippen molar-refractivity contribution in [1.82, 2.24) is 77.1 Å². The number of carboxylic acids is 1. The number of benzene rings is 2. The number of carboxylic acid groups (broad SMARTS) is 1. The van der Waals surface area contributed by atoms with Crippen molar-refractivity contribution in [2.75, 3.05) is 13.1 Å². The van der Waals surface area contributed by atoms with Gasteiger partial charge in [-0.1, -0.05) is 24.3 Å². The number of amides is 7. The fourth-order valence-electron chi connectivity index (χ4n) is 8.78. The highest BCUT2D eigenvalue weighted by molar-refractivity contribution is 5.98. The van der Waals surface area contributed by atoms with Gasteiger partial charge >= 0.3 is 5.97 Å². The fraction of sp³-hybridized carbons (Fsp3) is 0.407. The number of aromatic nitrogens is 8. The largest absolute Gasteiger partial charge is 0.508 e. The van der Waals surface area contributed by atoms with Crippen LogP contribution in [0, 0.1) is 0 Å². The first-order valence-corrected chi connectivity index (χ1v) is 26.9. The summed E-state index contributed by atoms with van der Waals surface area (Å²) >= 11 is 0. The Balaban J connectivity index is 1.23. The Morgan fingerprint density at radius 3 is 1.01 bits per heavy atom. The Kier molecular flexibility index (Phi) is 24.2. The Morgan fingerprint density at radius 2 is 0.687 bits per heavy atom. The molecule has 83 heavy (non-hydrogen) atoms. The molecule has 0 spiro atoms. The Hall–Kier alpha value is -9.48. The van der Waals surface area contributed by atoms with Crippen LogP contribution in [0.1, 0.15) is 72.4 Å². The first kappa shape index (κ1) is 62.7. The molecular weight excluding hydrogens is 1080 g/mol. The van der Waals surface area contributed by atoms with Crippen LogP contribution < -0.4 is 54.4 Å². The lowest BCUT2D eigenvalue weighted by Crippen LogP contribution is -2.61. The van der Waals surface area contributed by atoms with E-state index in [1.54, 1.807) is 12.1 Å². The van der Waals surface area contributed by atoms with E-state index in [2.05, 4.69) is 77.1 Å². The summed E-state index contributed by atoms with van der Waals surface area (Å²) in [6.07, 6.45) is 12.1. The molecule has 0 unspecified atom stereocenters. The Bertz CT molecular complexity index is 2980. The molecule has 0 saturated heterocycles. The third-order valence-corrected chi connectivity index (χ3v) is 13.3. The van der Waals surface area contributed by atoms with Gasteiger partial charge in [-0.3, -0.25) is 33.6 Å². The first-order chi connectivity index (χ1) is 40.0. The second-order valence-electron chi connectivity index (χ2n) is 19.8. The molecule has 444 valence electrons. The second-order valence-corrected chi connectivity index (χ2v) is 19.8. The minimum atomic E-state index is -1.46. The molecule has 0 aliphatic carbocycles. The molecule has 7 amide bonds. The molecule has 29 nitrogen and oxygen atoms in total. The number of nitrogens with one attached hydrogen (secondary N) is 11. The molecule has 0 aliphatic heterocycles.